The number of benzene rings is 1. The van der Waals surface area contributed by atoms with Gasteiger partial charge < -0.3 is 15.2 Å². The van der Waals surface area contributed by atoms with E-state index < -0.39 is 0 Å². The van der Waals surface area contributed by atoms with Crippen molar-refractivity contribution in [3.05, 3.63) is 23.8 Å². The van der Waals surface area contributed by atoms with Crippen molar-refractivity contribution < 1.29 is 14.3 Å². The highest BCUT2D eigenvalue weighted by Crippen LogP contribution is 2.25. The lowest BCUT2D eigenvalue weighted by atomic mass is 10.1. The van der Waals surface area contributed by atoms with Crippen LogP contribution in [0.25, 0.3) is 0 Å². The fourth-order valence-corrected chi connectivity index (χ4v) is 1.43. The Hall–Kier alpha value is -1.55. The van der Waals surface area contributed by atoms with Crippen molar-refractivity contribution >= 4 is 5.78 Å². The van der Waals surface area contributed by atoms with Crippen LogP contribution < -0.4 is 15.2 Å². The molecule has 0 bridgehead atoms. The van der Waals surface area contributed by atoms with Crippen molar-refractivity contribution in [2.45, 2.75) is 12.8 Å². The standard InChI is InChI=1S/C12H17NO3/c1-15-9-5-6-12(16-2)10(8-9)11(14)4-3-7-13/h5-6,8H,3-4,7,13H2,1-2H3. The van der Waals surface area contributed by atoms with Gasteiger partial charge in [-0.05, 0) is 31.2 Å². The molecule has 0 fully saturated rings. The summed E-state index contributed by atoms with van der Waals surface area (Å²) in [6.45, 7) is 0.512. The SMILES string of the molecule is COc1ccc(OC)c(C(=O)CCCN)c1. The van der Waals surface area contributed by atoms with Gasteiger partial charge in [0.05, 0.1) is 19.8 Å². The van der Waals surface area contributed by atoms with Crippen molar-refractivity contribution in [2.75, 3.05) is 20.8 Å². The Labute approximate surface area is 95.3 Å². The molecule has 0 aromatic heterocycles. The third kappa shape index (κ3) is 2.97. The number of methoxy groups -OCH3 is 2. The lowest BCUT2D eigenvalue weighted by Crippen LogP contribution is -2.06. The van der Waals surface area contributed by atoms with Crippen LogP contribution in [0.3, 0.4) is 0 Å². The van der Waals surface area contributed by atoms with E-state index in [1.54, 1.807) is 32.4 Å². The molecular formula is C12H17NO3. The van der Waals surface area contributed by atoms with Crippen LogP contribution in [0.1, 0.15) is 23.2 Å². The molecule has 0 saturated heterocycles. The van der Waals surface area contributed by atoms with Gasteiger partial charge in [-0.2, -0.15) is 0 Å². The molecule has 88 valence electrons. The molecule has 0 aliphatic heterocycles. The summed E-state index contributed by atoms with van der Waals surface area (Å²) >= 11 is 0. The number of hydrogen-bond donors (Lipinski definition) is 1. The maximum atomic E-state index is 11.9. The van der Waals surface area contributed by atoms with Gasteiger partial charge in [0.2, 0.25) is 0 Å². The molecule has 1 aromatic carbocycles. The summed E-state index contributed by atoms with van der Waals surface area (Å²) in [4.78, 5) is 11.9. The average Bonchev–Trinajstić information content (AvgIpc) is 2.35. The summed E-state index contributed by atoms with van der Waals surface area (Å²) in [6.07, 6.45) is 1.11. The minimum atomic E-state index is 0.0289. The highest BCUT2D eigenvalue weighted by Gasteiger charge is 2.12. The molecule has 1 aromatic rings. The topological polar surface area (TPSA) is 61.5 Å². The predicted molar refractivity (Wildman–Crippen MR) is 62.2 cm³/mol. The Kier molecular flexibility index (Phi) is 4.79. The van der Waals surface area contributed by atoms with E-state index in [0.29, 0.717) is 36.4 Å². The van der Waals surface area contributed by atoms with Crippen LogP contribution in [-0.4, -0.2) is 26.5 Å². The van der Waals surface area contributed by atoms with Gasteiger partial charge in [-0.15, -0.1) is 0 Å². The second-order valence-electron chi connectivity index (χ2n) is 3.38. The van der Waals surface area contributed by atoms with Gasteiger partial charge in [0.15, 0.2) is 5.78 Å². The maximum Gasteiger partial charge on any atom is 0.166 e. The number of nitrogens with two attached hydrogens (primary N) is 1. The zero-order chi connectivity index (χ0) is 12.0. The van der Waals surface area contributed by atoms with Crippen molar-refractivity contribution in [3.63, 3.8) is 0 Å². The highest BCUT2D eigenvalue weighted by atomic mass is 16.5. The first-order valence-corrected chi connectivity index (χ1v) is 5.18. The lowest BCUT2D eigenvalue weighted by molar-refractivity contribution is 0.0977. The Balaban J connectivity index is 2.94. The normalized spacial score (nSPS) is 9.94. The highest BCUT2D eigenvalue weighted by molar-refractivity contribution is 5.99. The fourth-order valence-electron chi connectivity index (χ4n) is 1.43. The molecule has 0 radical (unpaired) electrons. The Bertz CT molecular complexity index is 363. The Morgan fingerprint density at radius 2 is 2.06 bits per heavy atom. The maximum absolute atomic E-state index is 11.9. The van der Waals surface area contributed by atoms with E-state index in [9.17, 15) is 4.79 Å². The molecule has 0 atom stereocenters. The van der Waals surface area contributed by atoms with E-state index in [1.807, 2.05) is 0 Å². The van der Waals surface area contributed by atoms with Crippen molar-refractivity contribution in [1.82, 2.24) is 0 Å². The monoisotopic (exact) mass is 223 g/mol. The van der Waals surface area contributed by atoms with Crippen molar-refractivity contribution in [2.24, 2.45) is 5.73 Å². The van der Waals surface area contributed by atoms with Crippen LogP contribution in [0.5, 0.6) is 11.5 Å². The smallest absolute Gasteiger partial charge is 0.166 e. The molecule has 0 amide bonds. The largest absolute Gasteiger partial charge is 0.497 e. The second kappa shape index (κ2) is 6.12. The molecular weight excluding hydrogens is 206 g/mol. The molecule has 0 spiro atoms. The average molecular weight is 223 g/mol. The Morgan fingerprint density at radius 1 is 1.31 bits per heavy atom. The number of ketones is 1. The molecule has 0 saturated carbocycles. The quantitative estimate of drug-likeness (QED) is 0.744. The van der Waals surface area contributed by atoms with Gasteiger partial charge in [-0.1, -0.05) is 0 Å². The predicted octanol–water partition coefficient (Wildman–Crippen LogP) is 1.63. The molecule has 0 unspecified atom stereocenters. The molecule has 2 N–H and O–H groups in total. The summed E-state index contributed by atoms with van der Waals surface area (Å²) in [7, 11) is 3.11. The number of ether oxygens (including phenoxy) is 2. The molecule has 0 heterocycles. The van der Waals surface area contributed by atoms with Crippen LogP contribution in [0.15, 0.2) is 18.2 Å². The van der Waals surface area contributed by atoms with Gasteiger partial charge in [0.25, 0.3) is 0 Å². The first kappa shape index (κ1) is 12.5. The summed E-state index contributed by atoms with van der Waals surface area (Å²) in [5, 5.41) is 0. The summed E-state index contributed by atoms with van der Waals surface area (Å²) in [5.74, 6) is 1.25. The van der Waals surface area contributed by atoms with E-state index in [0.717, 1.165) is 0 Å². The zero-order valence-corrected chi connectivity index (χ0v) is 9.66. The lowest BCUT2D eigenvalue weighted by Gasteiger charge is -2.09. The first-order valence-electron chi connectivity index (χ1n) is 5.18. The molecule has 0 aliphatic carbocycles. The number of Topliss-reactive ketones (excluding diaryl/α,β-unsaturated/α-hetero) is 1. The number of rotatable bonds is 6. The van der Waals surface area contributed by atoms with Crippen molar-refractivity contribution in [3.8, 4) is 11.5 Å². The second-order valence-corrected chi connectivity index (χ2v) is 3.38. The van der Waals surface area contributed by atoms with Gasteiger partial charge in [-0.3, -0.25) is 4.79 Å². The molecule has 4 heteroatoms. The number of carbonyl (C=O) groups is 1. The van der Waals surface area contributed by atoms with E-state index in [1.165, 1.54) is 0 Å². The van der Waals surface area contributed by atoms with Crippen LogP contribution in [0.4, 0.5) is 0 Å². The first-order chi connectivity index (χ1) is 7.72. The summed E-state index contributed by atoms with van der Waals surface area (Å²) in [6, 6.07) is 5.19. The van der Waals surface area contributed by atoms with E-state index >= 15 is 0 Å². The van der Waals surface area contributed by atoms with Gasteiger partial charge in [0, 0.05) is 6.42 Å². The van der Waals surface area contributed by atoms with Gasteiger partial charge >= 0.3 is 0 Å². The Morgan fingerprint density at radius 3 is 2.62 bits per heavy atom. The molecule has 16 heavy (non-hydrogen) atoms. The van der Waals surface area contributed by atoms with Crippen LogP contribution in [0.2, 0.25) is 0 Å². The minimum absolute atomic E-state index is 0.0289. The van der Waals surface area contributed by atoms with Crippen LogP contribution >= 0.6 is 0 Å². The fraction of sp³-hybridized carbons (Fsp3) is 0.417. The van der Waals surface area contributed by atoms with Gasteiger partial charge in [0.1, 0.15) is 11.5 Å². The molecule has 1 rings (SSSR count). The van der Waals surface area contributed by atoms with Crippen LogP contribution in [-0.2, 0) is 0 Å². The summed E-state index contributed by atoms with van der Waals surface area (Å²) in [5.41, 5.74) is 5.92. The minimum Gasteiger partial charge on any atom is -0.497 e. The number of hydrogen-bond acceptors (Lipinski definition) is 4. The van der Waals surface area contributed by atoms with Crippen molar-refractivity contribution in [1.29, 1.82) is 0 Å². The molecule has 4 nitrogen and oxygen atoms in total. The third-order valence-electron chi connectivity index (χ3n) is 2.32. The third-order valence-corrected chi connectivity index (χ3v) is 2.32. The van der Waals surface area contributed by atoms with Gasteiger partial charge in [-0.25, -0.2) is 0 Å². The van der Waals surface area contributed by atoms with E-state index in [4.69, 9.17) is 15.2 Å². The van der Waals surface area contributed by atoms with Crippen LogP contribution in [0, 0.1) is 0 Å². The summed E-state index contributed by atoms with van der Waals surface area (Å²) < 4.78 is 10.2. The van der Waals surface area contributed by atoms with E-state index in [-0.39, 0.29) is 5.78 Å². The van der Waals surface area contributed by atoms with E-state index in [2.05, 4.69) is 0 Å². The number of carbonyl (C=O) groups excluding carboxylic acids is 1. The molecule has 0 aliphatic rings. The zero-order valence-electron chi connectivity index (χ0n) is 9.66.